The summed E-state index contributed by atoms with van der Waals surface area (Å²) in [6.07, 6.45) is 1.63. The summed E-state index contributed by atoms with van der Waals surface area (Å²) in [4.78, 5) is 15.7. The molecule has 3 aromatic rings. The molecule has 0 aliphatic heterocycles. The van der Waals surface area contributed by atoms with Crippen LogP contribution in [-0.4, -0.2) is 9.55 Å². The minimum absolute atomic E-state index is 0.136. The van der Waals surface area contributed by atoms with Crippen molar-refractivity contribution >= 4 is 44.1 Å². The Hall–Kier alpha value is -1.21. The van der Waals surface area contributed by atoms with Crippen LogP contribution < -0.4 is 5.56 Å². The Kier molecular flexibility index (Phi) is 3.40. The molecule has 0 saturated heterocycles. The van der Waals surface area contributed by atoms with E-state index >= 15 is 0 Å². The highest BCUT2D eigenvalue weighted by molar-refractivity contribution is 14.1. The molecule has 0 amide bonds. The first-order valence-electron chi connectivity index (χ1n) is 5.83. The van der Waals surface area contributed by atoms with E-state index in [1.165, 1.54) is 22.5 Å². The van der Waals surface area contributed by atoms with E-state index in [-0.39, 0.29) is 5.56 Å². The van der Waals surface area contributed by atoms with Crippen LogP contribution in [0.15, 0.2) is 41.5 Å². The van der Waals surface area contributed by atoms with E-state index in [4.69, 9.17) is 0 Å². The summed E-state index contributed by atoms with van der Waals surface area (Å²) in [7, 11) is 0. The molecule has 0 aliphatic carbocycles. The minimum Gasteiger partial charge on any atom is -0.326 e. The summed E-state index contributed by atoms with van der Waals surface area (Å²) in [5.41, 5.74) is 3.29. The zero-order valence-electron chi connectivity index (χ0n) is 10.3. The number of hydrogen-bond donors (Lipinski definition) is 0. The Bertz CT molecular complexity index is 789. The monoisotopic (exact) mass is 382 g/mol. The first-order chi connectivity index (χ1) is 9.13. The van der Waals surface area contributed by atoms with Gasteiger partial charge in [0.1, 0.15) is 4.70 Å². The zero-order chi connectivity index (χ0) is 13.4. The Balaban J connectivity index is 2.08. The van der Waals surface area contributed by atoms with Crippen molar-refractivity contribution in [3.63, 3.8) is 0 Å². The van der Waals surface area contributed by atoms with Gasteiger partial charge in [-0.3, -0.25) is 4.79 Å². The third-order valence-electron chi connectivity index (χ3n) is 2.97. The summed E-state index contributed by atoms with van der Waals surface area (Å²) in [6, 6.07) is 10.4. The molecule has 0 saturated carbocycles. The lowest BCUT2D eigenvalue weighted by molar-refractivity contribution is 0.799. The van der Waals surface area contributed by atoms with Gasteiger partial charge in [0.05, 0.1) is 14.7 Å². The maximum Gasteiger partial charge on any atom is 0.290 e. The average molecular weight is 382 g/mol. The number of halogens is 1. The maximum atomic E-state index is 11.7. The highest BCUT2D eigenvalue weighted by atomic mass is 127. The molecule has 5 heteroatoms. The van der Waals surface area contributed by atoms with Crippen molar-refractivity contribution in [2.24, 2.45) is 0 Å². The molecule has 2 aromatic heterocycles. The average Bonchev–Trinajstić information content (AvgIpc) is 2.78. The zero-order valence-corrected chi connectivity index (χ0v) is 13.2. The normalized spacial score (nSPS) is 11.1. The lowest BCUT2D eigenvalue weighted by Crippen LogP contribution is -2.11. The fourth-order valence-corrected chi connectivity index (χ4v) is 3.72. The van der Waals surface area contributed by atoms with Gasteiger partial charge in [-0.15, -0.1) is 11.3 Å². The second kappa shape index (κ2) is 5.05. The standard InChI is InChI=1S/C14H11IN2OS/c1-9-2-4-10(5-3-9)7-17-8-16-14(18)13-11(17)6-12(15)19-13/h2-6,8H,7H2,1H3. The van der Waals surface area contributed by atoms with Crippen molar-refractivity contribution in [2.45, 2.75) is 13.5 Å². The number of aromatic nitrogens is 2. The molecule has 0 radical (unpaired) electrons. The van der Waals surface area contributed by atoms with Crippen LogP contribution in [0.5, 0.6) is 0 Å². The molecule has 0 fully saturated rings. The predicted octanol–water partition coefficient (Wildman–Crippen LogP) is 3.42. The van der Waals surface area contributed by atoms with Crippen LogP contribution in [0.4, 0.5) is 0 Å². The number of rotatable bonds is 2. The van der Waals surface area contributed by atoms with E-state index in [1.807, 2.05) is 10.6 Å². The van der Waals surface area contributed by atoms with Gasteiger partial charge in [-0.25, -0.2) is 0 Å². The van der Waals surface area contributed by atoms with Crippen LogP contribution in [0.1, 0.15) is 11.1 Å². The summed E-state index contributed by atoms with van der Waals surface area (Å²) in [5.74, 6) is 0. The van der Waals surface area contributed by atoms with E-state index in [0.717, 1.165) is 19.6 Å². The Morgan fingerprint density at radius 1 is 1.32 bits per heavy atom. The first-order valence-corrected chi connectivity index (χ1v) is 7.73. The Labute approximate surface area is 128 Å². The number of hydrogen-bond acceptors (Lipinski definition) is 3. The number of benzene rings is 1. The number of nitrogens with zero attached hydrogens (tertiary/aromatic N) is 2. The van der Waals surface area contributed by atoms with Gasteiger partial charge in [-0.2, -0.15) is 4.98 Å². The van der Waals surface area contributed by atoms with Crippen LogP contribution >= 0.6 is 33.9 Å². The fraction of sp³-hybridized carbons (Fsp3) is 0.143. The van der Waals surface area contributed by atoms with Crippen molar-refractivity contribution in [1.82, 2.24) is 9.55 Å². The third-order valence-corrected chi connectivity index (χ3v) is 4.85. The summed E-state index contributed by atoms with van der Waals surface area (Å²) in [6.45, 7) is 2.81. The van der Waals surface area contributed by atoms with E-state index in [9.17, 15) is 4.79 Å². The number of thiophene rings is 1. The molecule has 0 bridgehead atoms. The van der Waals surface area contributed by atoms with E-state index in [2.05, 4.69) is 58.8 Å². The van der Waals surface area contributed by atoms with Gasteiger partial charge in [0, 0.05) is 6.54 Å². The molecule has 0 spiro atoms. The van der Waals surface area contributed by atoms with Gasteiger partial charge in [0.25, 0.3) is 5.56 Å². The second-order valence-corrected chi connectivity index (χ2v) is 7.37. The lowest BCUT2D eigenvalue weighted by Gasteiger charge is -2.07. The quantitative estimate of drug-likeness (QED) is 0.637. The molecule has 0 atom stereocenters. The lowest BCUT2D eigenvalue weighted by atomic mass is 10.1. The van der Waals surface area contributed by atoms with E-state index < -0.39 is 0 Å². The van der Waals surface area contributed by atoms with Crippen LogP contribution in [0.2, 0.25) is 0 Å². The van der Waals surface area contributed by atoms with Crippen molar-refractivity contribution in [1.29, 1.82) is 0 Å². The molecule has 19 heavy (non-hydrogen) atoms. The minimum atomic E-state index is -0.136. The van der Waals surface area contributed by atoms with Crippen molar-refractivity contribution in [2.75, 3.05) is 0 Å². The summed E-state index contributed by atoms with van der Waals surface area (Å²) in [5, 5.41) is 0. The number of aryl methyl sites for hydroxylation is 1. The third kappa shape index (κ3) is 2.57. The Morgan fingerprint density at radius 3 is 2.79 bits per heavy atom. The van der Waals surface area contributed by atoms with E-state index in [1.54, 1.807) is 6.33 Å². The molecule has 2 heterocycles. The molecule has 3 rings (SSSR count). The molecule has 0 N–H and O–H groups in total. The van der Waals surface area contributed by atoms with Gasteiger partial charge >= 0.3 is 0 Å². The number of fused-ring (bicyclic) bond motifs is 1. The van der Waals surface area contributed by atoms with Crippen molar-refractivity contribution < 1.29 is 0 Å². The van der Waals surface area contributed by atoms with Gasteiger partial charge in [0.2, 0.25) is 0 Å². The van der Waals surface area contributed by atoms with Gasteiger partial charge in [0.15, 0.2) is 0 Å². The molecule has 0 unspecified atom stereocenters. The molecule has 1 aromatic carbocycles. The van der Waals surface area contributed by atoms with E-state index in [0.29, 0.717) is 0 Å². The van der Waals surface area contributed by atoms with Crippen LogP contribution in [-0.2, 0) is 6.54 Å². The van der Waals surface area contributed by atoms with Crippen LogP contribution in [0.3, 0.4) is 0 Å². The smallest absolute Gasteiger partial charge is 0.290 e. The van der Waals surface area contributed by atoms with Crippen molar-refractivity contribution in [3.8, 4) is 0 Å². The Morgan fingerprint density at radius 2 is 2.05 bits per heavy atom. The van der Waals surface area contributed by atoms with Gasteiger partial charge in [-0.1, -0.05) is 29.8 Å². The molecule has 96 valence electrons. The fourth-order valence-electron chi connectivity index (χ4n) is 1.98. The molecular weight excluding hydrogens is 371 g/mol. The molecule has 0 aliphatic rings. The van der Waals surface area contributed by atoms with Crippen LogP contribution in [0.25, 0.3) is 10.2 Å². The highest BCUT2D eigenvalue weighted by Gasteiger charge is 2.08. The predicted molar refractivity (Wildman–Crippen MR) is 86.9 cm³/mol. The molecule has 3 nitrogen and oxygen atoms in total. The van der Waals surface area contributed by atoms with Gasteiger partial charge in [-0.05, 0) is 41.1 Å². The SMILES string of the molecule is Cc1ccc(Cn2cnc(=O)c3sc(I)cc32)cc1. The largest absolute Gasteiger partial charge is 0.326 e. The van der Waals surface area contributed by atoms with Crippen LogP contribution in [0, 0.1) is 9.81 Å². The maximum absolute atomic E-state index is 11.7. The highest BCUT2D eigenvalue weighted by Crippen LogP contribution is 2.24. The summed E-state index contributed by atoms with van der Waals surface area (Å²) < 4.78 is 3.87. The summed E-state index contributed by atoms with van der Waals surface area (Å²) >= 11 is 3.74. The van der Waals surface area contributed by atoms with Crippen molar-refractivity contribution in [3.05, 3.63) is 61.0 Å². The molecular formula is C14H11IN2OS. The first kappa shape index (κ1) is 12.8. The van der Waals surface area contributed by atoms with Gasteiger partial charge < -0.3 is 4.57 Å². The second-order valence-electron chi connectivity index (χ2n) is 4.43. The topological polar surface area (TPSA) is 34.9 Å².